The summed E-state index contributed by atoms with van der Waals surface area (Å²) in [5, 5.41) is 24.7. The monoisotopic (exact) mass is 540 g/mol. The molecule has 3 aliphatic rings. The average Bonchev–Trinajstić information content (AvgIpc) is 3.59. The Bertz CT molecular complexity index is 1500. The van der Waals surface area contributed by atoms with Crippen molar-refractivity contribution in [3.05, 3.63) is 35.9 Å². The second-order valence-electron chi connectivity index (χ2n) is 11.0. The van der Waals surface area contributed by atoms with Crippen LogP contribution < -0.4 is 5.73 Å². The summed E-state index contributed by atoms with van der Waals surface area (Å²) in [6.07, 6.45) is 10.4. The van der Waals surface area contributed by atoms with Crippen LogP contribution in [0.25, 0.3) is 16.8 Å². The summed E-state index contributed by atoms with van der Waals surface area (Å²) in [6.45, 7) is -0.535. The first-order valence-corrected chi connectivity index (χ1v) is 15.0. The van der Waals surface area contributed by atoms with Gasteiger partial charge >= 0.3 is 0 Å². The number of nitrogens with two attached hydrogens (primary N) is 1. The molecule has 3 fully saturated rings. The maximum atomic E-state index is 12.9. The number of piperidine rings is 1. The van der Waals surface area contributed by atoms with Crippen LogP contribution in [0.4, 0.5) is 5.82 Å². The zero-order valence-corrected chi connectivity index (χ0v) is 22.1. The highest BCUT2D eigenvalue weighted by Gasteiger charge is 2.45. The average molecular weight is 541 g/mol. The number of nitrogen functional groups attached to an aromatic ring is 1. The van der Waals surface area contributed by atoms with Crippen molar-refractivity contribution in [2.75, 3.05) is 18.6 Å². The summed E-state index contributed by atoms with van der Waals surface area (Å²) in [5.41, 5.74) is 8.41. The molecule has 4 N–H and O–H groups in total. The smallest absolute Gasteiger partial charge is 0.248 e. The third-order valence-corrected chi connectivity index (χ3v) is 9.72. The maximum Gasteiger partial charge on any atom is 0.248 e. The van der Waals surface area contributed by atoms with Gasteiger partial charge < -0.3 is 20.8 Å². The number of aliphatic hydroxyl groups is 2. The van der Waals surface area contributed by atoms with Crippen molar-refractivity contribution in [1.29, 1.82) is 0 Å². The van der Waals surface area contributed by atoms with E-state index in [1.165, 1.54) is 4.52 Å². The Morgan fingerprint density at radius 2 is 1.84 bits per heavy atom. The van der Waals surface area contributed by atoms with E-state index in [0.717, 1.165) is 37.5 Å². The first-order valence-electron chi connectivity index (χ1n) is 13.1. The summed E-state index contributed by atoms with van der Waals surface area (Å²) in [7, 11) is -3.74. The lowest BCUT2D eigenvalue weighted by Gasteiger charge is -2.39. The van der Waals surface area contributed by atoms with Crippen LogP contribution in [0.2, 0.25) is 0 Å². The molecule has 0 spiro atoms. The molecule has 11 nitrogen and oxygen atoms in total. The number of hydrogen-bond donors (Lipinski definition) is 3. The Morgan fingerprint density at radius 3 is 2.42 bits per heavy atom. The van der Waals surface area contributed by atoms with Crippen molar-refractivity contribution in [2.45, 2.75) is 79.9 Å². The van der Waals surface area contributed by atoms with Crippen molar-refractivity contribution in [1.82, 2.24) is 24.5 Å². The number of sulfone groups is 1. The number of rotatable bonds is 5. The SMILES string of the molecule is CS(=O)(=O)c1c([C@H]2C[C@H]3CC[C@@H](C2)N3C(=O)CO)nc2c(-c3ccc(C4(O)CCCC4)nc3)cnn2c1N. The summed E-state index contributed by atoms with van der Waals surface area (Å²) in [5.74, 6) is -0.504. The van der Waals surface area contributed by atoms with Gasteiger partial charge in [-0.15, -0.1) is 0 Å². The molecule has 12 heteroatoms. The molecule has 2 aliphatic heterocycles. The predicted molar refractivity (Wildman–Crippen MR) is 139 cm³/mol. The van der Waals surface area contributed by atoms with E-state index in [9.17, 15) is 23.4 Å². The zero-order chi connectivity index (χ0) is 26.8. The largest absolute Gasteiger partial charge is 0.387 e. The number of fused-ring (bicyclic) bond motifs is 3. The molecule has 3 aromatic heterocycles. The van der Waals surface area contributed by atoms with Crippen molar-refractivity contribution in [3.63, 3.8) is 0 Å². The van der Waals surface area contributed by atoms with Crippen LogP contribution in [0.3, 0.4) is 0 Å². The standard InChI is InChI=1S/C26H32N6O5S/c1-38(36,37)23-22(16-10-17-5-6-18(11-16)31(17)21(34)14-33)30-25-19(13-29-32(25)24(23)27)15-4-7-20(28-12-15)26(35)8-2-3-9-26/h4,7,12-13,16-18,33,35H,2-3,5-6,8-11,14,27H2,1H3/t16-,17+,18-. The lowest BCUT2D eigenvalue weighted by atomic mass is 9.87. The van der Waals surface area contributed by atoms with Gasteiger partial charge in [0.15, 0.2) is 15.5 Å². The summed E-state index contributed by atoms with van der Waals surface area (Å²) >= 11 is 0. The second-order valence-corrected chi connectivity index (χ2v) is 12.9. The first-order chi connectivity index (χ1) is 18.1. The molecule has 2 saturated heterocycles. The number of pyridine rings is 1. The number of nitrogens with zero attached hydrogens (tertiary/aromatic N) is 5. The summed E-state index contributed by atoms with van der Waals surface area (Å²) in [6, 6.07) is 3.54. The van der Waals surface area contributed by atoms with Crippen molar-refractivity contribution in [3.8, 4) is 11.1 Å². The van der Waals surface area contributed by atoms with Gasteiger partial charge in [-0.25, -0.2) is 13.4 Å². The van der Waals surface area contributed by atoms with Crippen LogP contribution in [0.1, 0.15) is 68.7 Å². The molecule has 202 valence electrons. The van der Waals surface area contributed by atoms with E-state index >= 15 is 0 Å². The van der Waals surface area contributed by atoms with Crippen molar-refractivity contribution in [2.24, 2.45) is 0 Å². The number of aliphatic hydroxyl groups excluding tert-OH is 1. The van der Waals surface area contributed by atoms with Gasteiger partial charge in [-0.1, -0.05) is 18.9 Å². The van der Waals surface area contributed by atoms with E-state index in [1.807, 2.05) is 12.1 Å². The molecule has 3 aromatic rings. The van der Waals surface area contributed by atoms with Crippen LogP contribution in [-0.2, 0) is 20.2 Å². The molecule has 3 atom stereocenters. The molecule has 0 aromatic carbocycles. The lowest BCUT2D eigenvalue weighted by Crippen LogP contribution is -2.47. The third-order valence-electron chi connectivity index (χ3n) is 8.56. The van der Waals surface area contributed by atoms with Gasteiger partial charge in [-0.2, -0.15) is 9.61 Å². The zero-order valence-electron chi connectivity index (χ0n) is 21.2. The molecule has 1 amide bonds. The van der Waals surface area contributed by atoms with Crippen LogP contribution in [0.15, 0.2) is 29.4 Å². The molecule has 0 radical (unpaired) electrons. The molecule has 1 saturated carbocycles. The van der Waals surface area contributed by atoms with E-state index < -0.39 is 22.0 Å². The number of aromatic nitrogens is 4. The fraction of sp³-hybridized carbons (Fsp3) is 0.538. The molecule has 5 heterocycles. The van der Waals surface area contributed by atoms with E-state index in [2.05, 4.69) is 10.1 Å². The van der Waals surface area contributed by atoms with E-state index in [1.54, 1.807) is 17.3 Å². The van der Waals surface area contributed by atoms with Crippen LogP contribution in [0, 0.1) is 0 Å². The Labute approximate surface area is 220 Å². The summed E-state index contributed by atoms with van der Waals surface area (Å²) in [4.78, 5) is 23.5. The first kappa shape index (κ1) is 25.2. The molecular weight excluding hydrogens is 508 g/mol. The van der Waals surface area contributed by atoms with Crippen LogP contribution in [0.5, 0.6) is 0 Å². The van der Waals surface area contributed by atoms with Crippen molar-refractivity contribution < 1.29 is 23.4 Å². The molecule has 6 rings (SSSR count). The Kier molecular flexibility index (Phi) is 5.96. The summed E-state index contributed by atoms with van der Waals surface area (Å²) < 4.78 is 27.2. The lowest BCUT2D eigenvalue weighted by molar-refractivity contribution is -0.138. The van der Waals surface area contributed by atoms with Gasteiger partial charge in [0.1, 0.15) is 22.9 Å². The van der Waals surface area contributed by atoms with Gasteiger partial charge in [0.25, 0.3) is 0 Å². The Morgan fingerprint density at radius 1 is 1.16 bits per heavy atom. The highest BCUT2D eigenvalue weighted by molar-refractivity contribution is 7.91. The van der Waals surface area contributed by atoms with Gasteiger partial charge in [-0.3, -0.25) is 9.78 Å². The molecular formula is C26H32N6O5S. The highest BCUT2D eigenvalue weighted by atomic mass is 32.2. The Balaban J connectivity index is 1.43. The Hall–Kier alpha value is -3.09. The minimum absolute atomic E-state index is 0.00445. The number of anilines is 1. The van der Waals surface area contributed by atoms with Crippen LogP contribution in [-0.4, -0.2) is 74.0 Å². The van der Waals surface area contributed by atoms with Gasteiger partial charge in [-0.05, 0) is 44.6 Å². The van der Waals surface area contributed by atoms with E-state index in [4.69, 9.17) is 10.7 Å². The fourth-order valence-electron chi connectivity index (χ4n) is 6.81. The highest BCUT2D eigenvalue weighted by Crippen LogP contribution is 2.45. The van der Waals surface area contributed by atoms with Gasteiger partial charge in [0.2, 0.25) is 5.91 Å². The normalized spacial score (nSPS) is 24.8. The van der Waals surface area contributed by atoms with Crippen molar-refractivity contribution >= 4 is 27.2 Å². The molecule has 0 unspecified atom stereocenters. The quantitative estimate of drug-likeness (QED) is 0.437. The number of carbonyl (C=O) groups excluding carboxylic acids is 1. The maximum absolute atomic E-state index is 12.9. The minimum atomic E-state index is -3.74. The minimum Gasteiger partial charge on any atom is -0.387 e. The topological polar surface area (TPSA) is 164 Å². The fourth-order valence-corrected chi connectivity index (χ4v) is 7.87. The predicted octanol–water partition coefficient (Wildman–Crippen LogP) is 1.77. The third kappa shape index (κ3) is 3.97. The van der Waals surface area contributed by atoms with Crippen LogP contribution >= 0.6 is 0 Å². The number of carbonyl (C=O) groups is 1. The van der Waals surface area contributed by atoms with E-state index in [0.29, 0.717) is 48.3 Å². The van der Waals surface area contributed by atoms with Gasteiger partial charge in [0.05, 0.1) is 17.6 Å². The molecule has 2 bridgehead atoms. The second kappa shape index (κ2) is 8.99. The molecule has 1 aliphatic carbocycles. The van der Waals surface area contributed by atoms with Gasteiger partial charge in [0, 0.05) is 41.6 Å². The van der Waals surface area contributed by atoms with E-state index in [-0.39, 0.29) is 34.6 Å². The number of amides is 1. The molecule has 38 heavy (non-hydrogen) atoms. The number of hydrogen-bond acceptors (Lipinski definition) is 9.